The van der Waals surface area contributed by atoms with Crippen LogP contribution >= 0.6 is 0 Å². The zero-order chi connectivity index (χ0) is 11.9. The Labute approximate surface area is 91.0 Å². The summed E-state index contributed by atoms with van der Waals surface area (Å²) in [5.41, 5.74) is -0.421. The number of hydroxylamine groups is 1. The molecule has 0 saturated heterocycles. The smallest absolute Gasteiger partial charge is 0.211 e. The highest BCUT2D eigenvalue weighted by atomic mass is 32.2. The van der Waals surface area contributed by atoms with Gasteiger partial charge in [-0.3, -0.25) is 0 Å². The minimum atomic E-state index is -3.23. The first-order valence-corrected chi connectivity index (χ1v) is 6.73. The van der Waals surface area contributed by atoms with E-state index in [0.29, 0.717) is 6.54 Å². The minimum absolute atomic E-state index is 0.252. The average Bonchev–Trinajstić information content (AvgIpc) is 2.07. The maximum Gasteiger partial charge on any atom is 0.211 e. The van der Waals surface area contributed by atoms with Crippen molar-refractivity contribution in [3.63, 3.8) is 0 Å². The van der Waals surface area contributed by atoms with Crippen LogP contribution in [0.2, 0.25) is 0 Å². The van der Waals surface area contributed by atoms with Gasteiger partial charge < -0.3 is 5.21 Å². The lowest BCUT2D eigenvalue weighted by Crippen LogP contribution is -2.40. The summed E-state index contributed by atoms with van der Waals surface area (Å²) in [6, 6.07) is -0.332. The van der Waals surface area contributed by atoms with Crippen LogP contribution in [0.15, 0.2) is 0 Å². The summed E-state index contributed by atoms with van der Waals surface area (Å²) < 4.78 is 25.2. The van der Waals surface area contributed by atoms with Gasteiger partial charge in [-0.15, -0.1) is 0 Å². The van der Waals surface area contributed by atoms with Gasteiger partial charge in [-0.05, 0) is 20.8 Å². The zero-order valence-electron chi connectivity index (χ0n) is 9.60. The van der Waals surface area contributed by atoms with Gasteiger partial charge in [0.1, 0.15) is 0 Å². The van der Waals surface area contributed by atoms with Crippen molar-refractivity contribution in [2.45, 2.75) is 26.8 Å². The molecule has 0 amide bonds. The second-order valence-corrected chi connectivity index (χ2v) is 6.86. The Morgan fingerprint density at radius 1 is 1.53 bits per heavy atom. The number of hydrogen-bond donors (Lipinski definition) is 0. The van der Waals surface area contributed by atoms with Crippen molar-refractivity contribution in [3.8, 4) is 0 Å². The molecule has 1 aliphatic heterocycles. The Hall–Kier alpha value is -0.620. The Balaban J connectivity index is 3.04. The molecule has 0 aliphatic carbocycles. The highest BCUT2D eigenvalue weighted by Gasteiger charge is 2.34. The van der Waals surface area contributed by atoms with Crippen LogP contribution in [0.25, 0.3) is 0 Å². The van der Waals surface area contributed by atoms with E-state index in [1.807, 2.05) is 13.8 Å². The molecule has 0 aromatic heterocycles. The van der Waals surface area contributed by atoms with Crippen molar-refractivity contribution < 1.29 is 13.2 Å². The first-order chi connectivity index (χ1) is 6.62. The summed E-state index contributed by atoms with van der Waals surface area (Å²) in [6.07, 6.45) is 2.74. The molecule has 0 saturated carbocycles. The highest BCUT2D eigenvalue weighted by Crippen LogP contribution is 2.19. The van der Waals surface area contributed by atoms with E-state index in [2.05, 4.69) is 0 Å². The third-order valence-electron chi connectivity index (χ3n) is 2.43. The number of sulfonamides is 1. The second-order valence-electron chi connectivity index (χ2n) is 4.88. The first-order valence-electron chi connectivity index (χ1n) is 4.88. The molecule has 15 heavy (non-hydrogen) atoms. The number of nitrogens with zero attached hydrogens (tertiary/aromatic N) is 2. The Kier molecular flexibility index (Phi) is 3.11. The zero-order valence-corrected chi connectivity index (χ0v) is 10.4. The van der Waals surface area contributed by atoms with Crippen LogP contribution in [0.5, 0.6) is 0 Å². The van der Waals surface area contributed by atoms with Crippen molar-refractivity contribution in [2.75, 3.05) is 19.3 Å². The molecule has 88 valence electrons. The Bertz CT molecular complexity index is 373. The lowest BCUT2D eigenvalue weighted by Gasteiger charge is -2.23. The average molecular weight is 234 g/mol. The lowest BCUT2D eigenvalue weighted by molar-refractivity contribution is -0.492. The van der Waals surface area contributed by atoms with Crippen molar-refractivity contribution in [1.82, 2.24) is 4.31 Å². The molecule has 0 radical (unpaired) electrons. The van der Waals surface area contributed by atoms with Gasteiger partial charge in [-0.2, -0.15) is 4.31 Å². The molecule has 0 aromatic rings. The van der Waals surface area contributed by atoms with E-state index in [4.69, 9.17) is 0 Å². The molecular weight excluding hydrogens is 216 g/mol. The fourth-order valence-electron chi connectivity index (χ4n) is 1.66. The van der Waals surface area contributed by atoms with Gasteiger partial charge in [-0.1, -0.05) is 0 Å². The number of hydrogen-bond acceptors (Lipinski definition) is 3. The third kappa shape index (κ3) is 3.17. The molecule has 1 unspecified atom stereocenters. The first kappa shape index (κ1) is 12.4. The molecule has 0 N–H and O–H groups in total. The van der Waals surface area contributed by atoms with Gasteiger partial charge in [0.25, 0.3) is 0 Å². The summed E-state index contributed by atoms with van der Waals surface area (Å²) in [5.74, 6) is 0. The third-order valence-corrected chi connectivity index (χ3v) is 3.65. The van der Waals surface area contributed by atoms with E-state index in [9.17, 15) is 13.6 Å². The van der Waals surface area contributed by atoms with E-state index >= 15 is 0 Å². The Morgan fingerprint density at radius 2 is 2.07 bits per heavy atom. The maximum absolute atomic E-state index is 11.5. The van der Waals surface area contributed by atoms with Crippen molar-refractivity contribution >= 4 is 16.2 Å². The summed E-state index contributed by atoms with van der Waals surface area (Å²) in [5, 5.41) is 11.5. The molecule has 1 aliphatic rings. The topological polar surface area (TPSA) is 63.5 Å². The van der Waals surface area contributed by atoms with Crippen LogP contribution in [-0.2, 0) is 10.0 Å². The van der Waals surface area contributed by atoms with Crippen LogP contribution in [0, 0.1) is 10.6 Å². The Morgan fingerprint density at radius 3 is 2.53 bits per heavy atom. The standard InChI is InChI=1S/C9H18N2O3S/c1-8-5-10(15(4,13)14)6-9(2,3)7-11(8)12/h7-8H,5-6H2,1-4H3. The highest BCUT2D eigenvalue weighted by molar-refractivity contribution is 7.88. The van der Waals surface area contributed by atoms with E-state index < -0.39 is 15.4 Å². The van der Waals surface area contributed by atoms with E-state index in [1.54, 1.807) is 13.1 Å². The van der Waals surface area contributed by atoms with Crippen molar-refractivity contribution in [3.05, 3.63) is 5.21 Å². The molecule has 0 bridgehead atoms. The van der Waals surface area contributed by atoms with Crippen LogP contribution in [0.4, 0.5) is 0 Å². The minimum Gasteiger partial charge on any atom is -0.624 e. The summed E-state index contributed by atoms with van der Waals surface area (Å²) >= 11 is 0. The molecule has 1 atom stereocenters. The van der Waals surface area contributed by atoms with Gasteiger partial charge in [-0.25, -0.2) is 13.2 Å². The van der Waals surface area contributed by atoms with E-state index in [-0.39, 0.29) is 12.6 Å². The quantitative estimate of drug-likeness (QED) is 0.483. The fourth-order valence-corrected chi connectivity index (χ4v) is 2.71. The van der Waals surface area contributed by atoms with Crippen molar-refractivity contribution in [2.24, 2.45) is 5.41 Å². The molecule has 6 heteroatoms. The second kappa shape index (κ2) is 3.75. The van der Waals surface area contributed by atoms with Gasteiger partial charge >= 0.3 is 0 Å². The lowest BCUT2D eigenvalue weighted by atomic mass is 9.96. The molecule has 0 aromatic carbocycles. The van der Waals surface area contributed by atoms with Crippen LogP contribution in [-0.4, -0.2) is 49.1 Å². The molecule has 1 heterocycles. The fraction of sp³-hybridized carbons (Fsp3) is 0.889. The predicted molar refractivity (Wildman–Crippen MR) is 59.4 cm³/mol. The molecule has 0 fully saturated rings. The molecular formula is C9H18N2O3S. The summed E-state index contributed by atoms with van der Waals surface area (Å²) in [7, 11) is -3.23. The van der Waals surface area contributed by atoms with Gasteiger partial charge in [0.2, 0.25) is 10.0 Å². The van der Waals surface area contributed by atoms with E-state index in [0.717, 1.165) is 4.74 Å². The van der Waals surface area contributed by atoms with Crippen LogP contribution in [0.3, 0.4) is 0 Å². The molecule has 0 spiro atoms. The molecule has 1 rings (SSSR count). The SMILES string of the molecule is CC1CN(S(C)(=O)=O)CC(C)(C)C=[N+]1[O-]. The monoisotopic (exact) mass is 234 g/mol. The normalized spacial score (nSPS) is 28.3. The molecule has 5 nitrogen and oxygen atoms in total. The maximum atomic E-state index is 11.5. The van der Waals surface area contributed by atoms with Gasteiger partial charge in [0.05, 0.1) is 18.2 Å². The predicted octanol–water partition coefficient (Wildman–Crippen LogP) is 0.257. The summed E-state index contributed by atoms with van der Waals surface area (Å²) in [4.78, 5) is 0. The van der Waals surface area contributed by atoms with Gasteiger partial charge in [0.15, 0.2) is 12.3 Å². The van der Waals surface area contributed by atoms with E-state index in [1.165, 1.54) is 10.6 Å². The largest absolute Gasteiger partial charge is 0.624 e. The van der Waals surface area contributed by atoms with Crippen molar-refractivity contribution in [1.29, 1.82) is 0 Å². The van der Waals surface area contributed by atoms with Gasteiger partial charge in [0, 0.05) is 6.54 Å². The number of rotatable bonds is 1. The summed E-state index contributed by atoms with van der Waals surface area (Å²) in [6.45, 7) is 6.04. The van der Waals surface area contributed by atoms with Crippen LogP contribution < -0.4 is 0 Å². The van der Waals surface area contributed by atoms with Crippen LogP contribution in [0.1, 0.15) is 20.8 Å².